The molecule has 3 atom stereocenters. The Kier molecular flexibility index (Phi) is 8.64. The highest BCUT2D eigenvalue weighted by Crippen LogP contribution is 2.43. The number of aromatic nitrogens is 1. The average Bonchev–Trinajstić information content (AvgIpc) is 3.15. The minimum absolute atomic E-state index is 0.00435. The van der Waals surface area contributed by atoms with Crippen LogP contribution >= 0.6 is 11.6 Å². The van der Waals surface area contributed by atoms with Crippen molar-refractivity contribution in [3.63, 3.8) is 0 Å². The van der Waals surface area contributed by atoms with Crippen LogP contribution in [-0.4, -0.2) is 27.4 Å². The summed E-state index contributed by atoms with van der Waals surface area (Å²) in [5.41, 5.74) is -3.72. The Bertz CT molecular complexity index is 1420. The number of alkyl halides is 9. The average molecular weight is 627 g/mol. The first-order valence-electron chi connectivity index (χ1n) is 12.5. The molecule has 0 amide bonds. The summed E-state index contributed by atoms with van der Waals surface area (Å²) in [7, 11) is 0. The molecule has 1 unspecified atom stereocenters. The van der Waals surface area contributed by atoms with Crippen LogP contribution in [0.25, 0.3) is 11.3 Å². The SMILES string of the molecule is CC(C)c1ccc(Cl)c(-c2ccc(C(F)(F)F)cc2CN2C(O)O[C@H](c3cc(C(F)(F)F)cc(C(F)(F)F)c3)[C@@H]2C)n1. The summed E-state index contributed by atoms with van der Waals surface area (Å²) in [6.07, 6.45) is -18.3. The van der Waals surface area contributed by atoms with Crippen LogP contribution in [0.15, 0.2) is 48.5 Å². The van der Waals surface area contributed by atoms with E-state index < -0.39 is 65.9 Å². The van der Waals surface area contributed by atoms with Gasteiger partial charge in [0, 0.05) is 23.8 Å². The van der Waals surface area contributed by atoms with Crippen molar-refractivity contribution in [1.29, 1.82) is 0 Å². The van der Waals surface area contributed by atoms with E-state index in [1.165, 1.54) is 13.0 Å². The number of pyridine rings is 1. The van der Waals surface area contributed by atoms with Crippen molar-refractivity contribution >= 4 is 11.6 Å². The van der Waals surface area contributed by atoms with E-state index in [0.29, 0.717) is 17.8 Å². The van der Waals surface area contributed by atoms with Crippen molar-refractivity contribution in [3.8, 4) is 11.3 Å². The Balaban J connectivity index is 1.77. The van der Waals surface area contributed by atoms with Gasteiger partial charge in [-0.15, -0.1) is 0 Å². The highest BCUT2D eigenvalue weighted by molar-refractivity contribution is 6.33. The maximum atomic E-state index is 13.7. The van der Waals surface area contributed by atoms with Gasteiger partial charge in [-0.05, 0) is 66.4 Å². The second kappa shape index (κ2) is 11.3. The number of hydrogen-bond acceptors (Lipinski definition) is 4. The van der Waals surface area contributed by atoms with E-state index in [1.807, 2.05) is 13.8 Å². The highest BCUT2D eigenvalue weighted by atomic mass is 35.5. The smallest absolute Gasteiger partial charge is 0.356 e. The molecule has 0 aliphatic carbocycles. The molecule has 14 heteroatoms. The third-order valence-electron chi connectivity index (χ3n) is 6.95. The molecule has 0 saturated carbocycles. The maximum absolute atomic E-state index is 13.7. The summed E-state index contributed by atoms with van der Waals surface area (Å²) >= 11 is 6.36. The van der Waals surface area contributed by atoms with Gasteiger partial charge in [0.2, 0.25) is 6.41 Å². The quantitative estimate of drug-likeness (QED) is 0.288. The van der Waals surface area contributed by atoms with E-state index in [-0.39, 0.29) is 33.8 Å². The zero-order valence-electron chi connectivity index (χ0n) is 22.2. The molecule has 3 aromatic rings. The standard InChI is InChI=1S/C28H24ClF9N2O2/c1-13(2)22-7-6-21(29)23(39-22)20-5-4-17(26(30,31)32)10-16(20)12-40-14(3)24(42-25(40)41)15-8-18(27(33,34)35)11-19(9-15)28(36,37)38/h4-11,13-14,24-25,41H,12H2,1-3H3/t14-,24-,25?/m0/s1. The number of hydrogen-bond donors (Lipinski definition) is 1. The molecule has 2 aromatic carbocycles. The minimum Gasteiger partial charge on any atom is -0.356 e. The monoisotopic (exact) mass is 626 g/mol. The number of rotatable bonds is 5. The molecule has 0 spiro atoms. The molecule has 1 aliphatic rings. The molecule has 4 nitrogen and oxygen atoms in total. The number of aliphatic hydroxyl groups is 1. The van der Waals surface area contributed by atoms with Crippen molar-refractivity contribution in [1.82, 2.24) is 9.88 Å². The van der Waals surface area contributed by atoms with Gasteiger partial charge in [0.05, 0.1) is 27.4 Å². The summed E-state index contributed by atoms with van der Waals surface area (Å²) in [4.78, 5) is 5.62. The Morgan fingerprint density at radius 1 is 0.857 bits per heavy atom. The first kappa shape index (κ1) is 32.1. The van der Waals surface area contributed by atoms with Crippen LogP contribution in [0.3, 0.4) is 0 Å². The zero-order valence-corrected chi connectivity index (χ0v) is 22.9. The fourth-order valence-electron chi connectivity index (χ4n) is 4.72. The predicted octanol–water partition coefficient (Wildman–Crippen LogP) is 8.82. The summed E-state index contributed by atoms with van der Waals surface area (Å²) in [5.74, 6) is -0.0532. The number of ether oxygens (including phenoxy) is 1. The molecule has 1 saturated heterocycles. The fraction of sp³-hybridized carbons (Fsp3) is 0.393. The molecular weight excluding hydrogens is 603 g/mol. The molecule has 1 N–H and O–H groups in total. The maximum Gasteiger partial charge on any atom is 0.416 e. The van der Waals surface area contributed by atoms with Crippen LogP contribution < -0.4 is 0 Å². The summed E-state index contributed by atoms with van der Waals surface area (Å²) in [6, 6.07) is 5.91. The van der Waals surface area contributed by atoms with E-state index in [2.05, 4.69) is 4.98 Å². The van der Waals surface area contributed by atoms with Gasteiger partial charge >= 0.3 is 18.5 Å². The fourth-order valence-corrected chi connectivity index (χ4v) is 4.92. The Labute approximate surface area is 239 Å². The second-order valence-corrected chi connectivity index (χ2v) is 10.6. The highest BCUT2D eigenvalue weighted by Gasteiger charge is 2.43. The van der Waals surface area contributed by atoms with E-state index >= 15 is 0 Å². The van der Waals surface area contributed by atoms with Crippen LogP contribution in [0.5, 0.6) is 0 Å². The first-order chi connectivity index (χ1) is 19.3. The Hall–Kier alpha value is -2.87. The van der Waals surface area contributed by atoms with E-state index in [1.54, 1.807) is 12.1 Å². The number of aliphatic hydroxyl groups excluding tert-OH is 1. The molecule has 228 valence electrons. The topological polar surface area (TPSA) is 45.6 Å². The van der Waals surface area contributed by atoms with Gasteiger partial charge < -0.3 is 9.84 Å². The minimum atomic E-state index is -5.11. The normalized spacial score (nSPS) is 20.5. The molecule has 1 aromatic heterocycles. The third kappa shape index (κ3) is 6.69. The molecule has 0 radical (unpaired) electrons. The molecule has 4 rings (SSSR count). The first-order valence-corrected chi connectivity index (χ1v) is 12.9. The van der Waals surface area contributed by atoms with Gasteiger partial charge in [0.15, 0.2) is 0 Å². The summed E-state index contributed by atoms with van der Waals surface area (Å²) < 4.78 is 127. The van der Waals surface area contributed by atoms with Crippen LogP contribution in [0.4, 0.5) is 39.5 Å². The van der Waals surface area contributed by atoms with Crippen molar-refractivity contribution in [2.75, 3.05) is 0 Å². The third-order valence-corrected chi connectivity index (χ3v) is 7.26. The van der Waals surface area contributed by atoms with Gasteiger partial charge in [-0.25, -0.2) is 4.90 Å². The van der Waals surface area contributed by atoms with Crippen molar-refractivity contribution in [2.24, 2.45) is 0 Å². The van der Waals surface area contributed by atoms with Crippen LogP contribution in [0, 0.1) is 0 Å². The van der Waals surface area contributed by atoms with Crippen LogP contribution in [-0.2, 0) is 29.8 Å². The van der Waals surface area contributed by atoms with Crippen molar-refractivity contribution in [2.45, 2.75) is 70.3 Å². The van der Waals surface area contributed by atoms with Crippen molar-refractivity contribution in [3.05, 3.63) is 87.1 Å². The van der Waals surface area contributed by atoms with E-state index in [0.717, 1.165) is 17.0 Å². The van der Waals surface area contributed by atoms with Crippen LogP contribution in [0.1, 0.15) is 66.3 Å². The van der Waals surface area contributed by atoms with Gasteiger partial charge in [-0.2, -0.15) is 39.5 Å². The molecule has 2 heterocycles. The number of halogens is 10. The number of benzene rings is 2. The lowest BCUT2D eigenvalue weighted by molar-refractivity contribution is -0.154. The Morgan fingerprint density at radius 2 is 1.43 bits per heavy atom. The largest absolute Gasteiger partial charge is 0.416 e. The second-order valence-electron chi connectivity index (χ2n) is 10.2. The number of nitrogens with zero attached hydrogens (tertiary/aromatic N) is 2. The van der Waals surface area contributed by atoms with E-state index in [4.69, 9.17) is 16.3 Å². The van der Waals surface area contributed by atoms with Gasteiger partial charge in [-0.3, -0.25) is 4.98 Å². The lowest BCUT2D eigenvalue weighted by atomic mass is 9.96. The zero-order chi connectivity index (χ0) is 31.4. The predicted molar refractivity (Wildman–Crippen MR) is 135 cm³/mol. The summed E-state index contributed by atoms with van der Waals surface area (Å²) in [6.45, 7) is 4.64. The molecular formula is C28H24ClF9N2O2. The van der Waals surface area contributed by atoms with E-state index in [9.17, 15) is 44.6 Å². The molecule has 42 heavy (non-hydrogen) atoms. The lowest BCUT2D eigenvalue weighted by Crippen LogP contribution is -2.35. The lowest BCUT2D eigenvalue weighted by Gasteiger charge is -2.26. The van der Waals surface area contributed by atoms with Crippen molar-refractivity contribution < 1.29 is 49.4 Å². The Morgan fingerprint density at radius 3 is 1.95 bits per heavy atom. The molecule has 1 fully saturated rings. The van der Waals surface area contributed by atoms with Gasteiger partial charge in [-0.1, -0.05) is 31.5 Å². The van der Waals surface area contributed by atoms with Gasteiger partial charge in [0.25, 0.3) is 0 Å². The van der Waals surface area contributed by atoms with Gasteiger partial charge in [0.1, 0.15) is 6.10 Å². The van der Waals surface area contributed by atoms with Crippen LogP contribution in [0.2, 0.25) is 5.02 Å². The molecule has 1 aliphatic heterocycles. The summed E-state index contributed by atoms with van der Waals surface area (Å²) in [5, 5.41) is 10.8. The molecule has 0 bridgehead atoms.